The summed E-state index contributed by atoms with van der Waals surface area (Å²) in [7, 11) is 1.90. The Morgan fingerprint density at radius 3 is 2.52 bits per heavy atom. The van der Waals surface area contributed by atoms with Crippen LogP contribution in [0.1, 0.15) is 12.5 Å². The van der Waals surface area contributed by atoms with Gasteiger partial charge in [-0.3, -0.25) is 9.69 Å². The topological polar surface area (TPSA) is 35.9 Å². The molecule has 4 nitrogen and oxygen atoms in total. The number of amides is 1. The van der Waals surface area contributed by atoms with Crippen LogP contribution in [0, 0.1) is 0 Å². The van der Waals surface area contributed by atoms with E-state index in [-0.39, 0.29) is 11.6 Å². The number of carbonyl (C=O) groups is 1. The molecule has 0 saturated carbocycles. The molecule has 0 radical (unpaired) electrons. The van der Waals surface area contributed by atoms with Crippen molar-refractivity contribution in [2.24, 2.45) is 4.99 Å². The van der Waals surface area contributed by atoms with Gasteiger partial charge in [0.25, 0.3) is 5.91 Å². The van der Waals surface area contributed by atoms with Crippen LogP contribution in [0.15, 0.2) is 68.4 Å². The van der Waals surface area contributed by atoms with Crippen molar-refractivity contribution in [2.75, 3.05) is 18.5 Å². The molecule has 0 bridgehead atoms. The van der Waals surface area contributed by atoms with Crippen molar-refractivity contribution in [2.45, 2.75) is 18.0 Å². The summed E-state index contributed by atoms with van der Waals surface area (Å²) in [6.45, 7) is 2.19. The number of likely N-dealkylation sites (N-methyl/N-ethyl adjacent to an activating group) is 1. The fourth-order valence-corrected chi connectivity index (χ4v) is 5.47. The van der Waals surface area contributed by atoms with Crippen LogP contribution >= 0.6 is 23.5 Å². The number of benzene rings is 2. The molecule has 0 unspecified atom stereocenters. The number of aliphatic imine (C=N–C) groups is 1. The lowest BCUT2D eigenvalue weighted by Gasteiger charge is -2.15. The number of rotatable bonds is 2. The first-order valence-electron chi connectivity index (χ1n) is 8.80. The molecular weight excluding hydrogens is 419 g/mol. The van der Waals surface area contributed by atoms with E-state index >= 15 is 0 Å². The molecule has 0 spiro atoms. The van der Waals surface area contributed by atoms with E-state index in [2.05, 4.69) is 4.99 Å². The molecule has 9 heteroatoms. The third-order valence-electron chi connectivity index (χ3n) is 4.51. The smallest absolute Gasteiger partial charge is 0.337 e. The molecule has 2 aromatic carbocycles. The predicted octanol–water partition coefficient (Wildman–Crippen LogP) is 5.70. The van der Waals surface area contributed by atoms with Crippen molar-refractivity contribution in [3.05, 3.63) is 64.0 Å². The number of nitrogens with zero attached hydrogens (tertiary/aromatic N) is 3. The zero-order valence-corrected chi connectivity index (χ0v) is 17.2. The number of alkyl halides is 3. The summed E-state index contributed by atoms with van der Waals surface area (Å²) in [6, 6.07) is 12.7. The number of amidine groups is 1. The van der Waals surface area contributed by atoms with Crippen LogP contribution in [0.25, 0.3) is 0 Å². The second kappa shape index (κ2) is 7.46. The highest BCUT2D eigenvalue weighted by atomic mass is 32.2. The molecule has 0 aromatic heterocycles. The molecule has 1 amide bonds. The second-order valence-electron chi connectivity index (χ2n) is 6.36. The Morgan fingerprint density at radius 1 is 1.07 bits per heavy atom. The number of carbonyl (C=O) groups excluding carboxylic acids is 1. The lowest BCUT2D eigenvalue weighted by molar-refractivity contribution is -0.137. The molecule has 2 aliphatic heterocycles. The minimum Gasteiger partial charge on any atom is -0.337 e. The minimum absolute atomic E-state index is 0.163. The van der Waals surface area contributed by atoms with E-state index < -0.39 is 11.7 Å². The second-order valence-corrected chi connectivity index (χ2v) is 8.37. The third-order valence-corrected chi connectivity index (χ3v) is 6.94. The Kier molecular flexibility index (Phi) is 5.12. The highest BCUT2D eigenvalue weighted by Gasteiger charge is 2.38. The van der Waals surface area contributed by atoms with Crippen LogP contribution in [-0.2, 0) is 11.0 Å². The van der Waals surface area contributed by atoms with Gasteiger partial charge in [-0.25, -0.2) is 4.99 Å². The molecule has 1 saturated heterocycles. The highest BCUT2D eigenvalue weighted by Crippen LogP contribution is 2.50. The van der Waals surface area contributed by atoms with Crippen LogP contribution < -0.4 is 4.90 Å². The highest BCUT2D eigenvalue weighted by molar-refractivity contribution is 8.19. The summed E-state index contributed by atoms with van der Waals surface area (Å²) in [5, 5.41) is 1.18. The fraction of sp³-hybridized carbons (Fsp3) is 0.200. The Bertz CT molecular complexity index is 1050. The number of hydrogen-bond acceptors (Lipinski definition) is 5. The normalized spacial score (nSPS) is 20.7. The van der Waals surface area contributed by atoms with Crippen LogP contribution in [0.3, 0.4) is 0 Å². The molecule has 2 heterocycles. The van der Waals surface area contributed by atoms with Gasteiger partial charge in [0.2, 0.25) is 0 Å². The van der Waals surface area contributed by atoms with E-state index in [1.165, 1.54) is 40.6 Å². The molecule has 2 aliphatic rings. The van der Waals surface area contributed by atoms with E-state index in [0.717, 1.165) is 27.7 Å². The van der Waals surface area contributed by atoms with Crippen molar-refractivity contribution < 1.29 is 18.0 Å². The van der Waals surface area contributed by atoms with Crippen molar-refractivity contribution in [1.29, 1.82) is 0 Å². The molecule has 2 aromatic rings. The summed E-state index contributed by atoms with van der Waals surface area (Å²) in [6.07, 6.45) is -4.44. The first-order chi connectivity index (χ1) is 13.8. The summed E-state index contributed by atoms with van der Waals surface area (Å²) in [5.74, 6) is -0.189. The van der Waals surface area contributed by atoms with E-state index in [1.54, 1.807) is 0 Å². The average Bonchev–Trinajstić information content (AvgIpc) is 3.18. The lowest BCUT2D eigenvalue weighted by Crippen LogP contribution is -2.29. The zero-order valence-electron chi connectivity index (χ0n) is 15.5. The van der Waals surface area contributed by atoms with E-state index in [1.807, 2.05) is 43.1 Å². The van der Waals surface area contributed by atoms with Crippen molar-refractivity contribution >= 4 is 46.0 Å². The Morgan fingerprint density at radius 2 is 1.83 bits per heavy atom. The van der Waals surface area contributed by atoms with Gasteiger partial charge in [0, 0.05) is 18.5 Å². The van der Waals surface area contributed by atoms with Crippen molar-refractivity contribution in [1.82, 2.24) is 4.90 Å². The van der Waals surface area contributed by atoms with Crippen LogP contribution in [0.4, 0.5) is 24.5 Å². The third kappa shape index (κ3) is 3.64. The maximum atomic E-state index is 13.0. The van der Waals surface area contributed by atoms with Gasteiger partial charge in [-0.2, -0.15) is 13.2 Å². The van der Waals surface area contributed by atoms with Crippen LogP contribution in [0.2, 0.25) is 0 Å². The number of thioether (sulfide) groups is 2. The molecule has 0 N–H and O–H groups in total. The maximum Gasteiger partial charge on any atom is 0.416 e. The van der Waals surface area contributed by atoms with E-state index in [9.17, 15) is 18.0 Å². The molecule has 29 heavy (non-hydrogen) atoms. The van der Waals surface area contributed by atoms with E-state index in [4.69, 9.17) is 0 Å². The molecule has 0 atom stereocenters. The first kappa shape index (κ1) is 19.9. The number of halogens is 3. The Hall–Kier alpha value is -2.39. The van der Waals surface area contributed by atoms with Gasteiger partial charge < -0.3 is 4.90 Å². The fourth-order valence-electron chi connectivity index (χ4n) is 3.06. The number of fused-ring (bicyclic) bond motifs is 1. The lowest BCUT2D eigenvalue weighted by atomic mass is 10.2. The monoisotopic (exact) mass is 435 g/mol. The van der Waals surface area contributed by atoms with Gasteiger partial charge >= 0.3 is 6.18 Å². The summed E-state index contributed by atoms with van der Waals surface area (Å²) < 4.78 is 39.0. The van der Waals surface area contributed by atoms with Crippen LogP contribution in [-0.4, -0.2) is 29.6 Å². The standard InChI is InChI=1S/C20H16F3N3OS2/c1-3-26-17(27)16(18-25(2)14-9-4-5-10-15(14)28-18)29-19(26)24-13-8-6-7-12(11-13)20(21,22)23/h4-11H,3H2,1-2H3. The maximum absolute atomic E-state index is 13.0. The summed E-state index contributed by atoms with van der Waals surface area (Å²) >= 11 is 2.70. The SMILES string of the molecule is CCN1C(=O)C(=C2Sc3ccccc3N2C)SC1=Nc1cccc(C(F)(F)F)c1. The van der Waals surface area contributed by atoms with Crippen LogP contribution in [0.5, 0.6) is 0 Å². The molecule has 4 rings (SSSR count). The molecule has 1 fully saturated rings. The Labute approximate surface area is 174 Å². The van der Waals surface area contributed by atoms with Gasteiger partial charge in [-0.15, -0.1) is 0 Å². The van der Waals surface area contributed by atoms with Crippen molar-refractivity contribution in [3.63, 3.8) is 0 Å². The average molecular weight is 435 g/mol. The van der Waals surface area contributed by atoms with Gasteiger partial charge in [0.15, 0.2) is 5.17 Å². The van der Waals surface area contributed by atoms with Gasteiger partial charge in [-0.05, 0) is 49.0 Å². The van der Waals surface area contributed by atoms with E-state index in [0.29, 0.717) is 16.6 Å². The van der Waals surface area contributed by atoms with Gasteiger partial charge in [-0.1, -0.05) is 30.0 Å². The Balaban J connectivity index is 1.71. The number of anilines is 1. The molecular formula is C20H16F3N3OS2. The van der Waals surface area contributed by atoms with Gasteiger partial charge in [0.05, 0.1) is 22.0 Å². The van der Waals surface area contributed by atoms with Crippen molar-refractivity contribution in [3.8, 4) is 0 Å². The number of hydrogen-bond donors (Lipinski definition) is 0. The molecule has 150 valence electrons. The summed E-state index contributed by atoms with van der Waals surface area (Å²) in [4.78, 5) is 22.4. The minimum atomic E-state index is -4.44. The predicted molar refractivity (Wildman–Crippen MR) is 111 cm³/mol. The van der Waals surface area contributed by atoms with Gasteiger partial charge in [0.1, 0.15) is 4.91 Å². The zero-order chi connectivity index (χ0) is 20.8. The largest absolute Gasteiger partial charge is 0.416 e. The summed E-state index contributed by atoms with van der Waals surface area (Å²) in [5.41, 5.74) is 0.409. The molecule has 0 aliphatic carbocycles. The number of para-hydroxylation sites is 1. The quantitative estimate of drug-likeness (QED) is 0.567. The first-order valence-corrected chi connectivity index (χ1v) is 10.4.